The highest BCUT2D eigenvalue weighted by Gasteiger charge is 2.26. The molecule has 0 aromatic heterocycles. The molecule has 2 rings (SSSR count). The molecular formula is C13H16FNO2. The number of nitrogens with zero attached hydrogens (tertiary/aromatic N) is 1. The lowest BCUT2D eigenvalue weighted by atomic mass is 10.1. The third-order valence-electron chi connectivity index (χ3n) is 3.16. The Morgan fingerprint density at radius 2 is 2.29 bits per heavy atom. The predicted molar refractivity (Wildman–Crippen MR) is 64.0 cm³/mol. The largest absolute Gasteiger partial charge is 0.380 e. The second kappa shape index (κ2) is 4.84. The van der Waals surface area contributed by atoms with Gasteiger partial charge < -0.3 is 9.64 Å². The number of benzene rings is 1. The van der Waals surface area contributed by atoms with Gasteiger partial charge in [0.2, 0.25) is 0 Å². The number of hydrogen-bond acceptors (Lipinski definition) is 3. The van der Waals surface area contributed by atoms with E-state index in [-0.39, 0.29) is 17.7 Å². The molecule has 0 saturated carbocycles. The van der Waals surface area contributed by atoms with Crippen LogP contribution < -0.4 is 4.90 Å². The van der Waals surface area contributed by atoms with Gasteiger partial charge in [-0.1, -0.05) is 6.07 Å². The Bertz CT molecular complexity index is 433. The minimum Gasteiger partial charge on any atom is -0.380 e. The molecule has 1 aliphatic rings. The number of Topliss-reactive ketones (excluding diaryl/α,β-unsaturated/α-hetero) is 1. The number of halogens is 1. The summed E-state index contributed by atoms with van der Waals surface area (Å²) >= 11 is 0. The fraction of sp³-hybridized carbons (Fsp3) is 0.462. The van der Waals surface area contributed by atoms with Crippen LogP contribution in [0.25, 0.3) is 0 Å². The summed E-state index contributed by atoms with van der Waals surface area (Å²) in [6, 6.07) is 4.63. The Labute approximate surface area is 100 Å². The molecule has 1 saturated heterocycles. The maximum absolute atomic E-state index is 13.9. The van der Waals surface area contributed by atoms with Crippen LogP contribution in [-0.4, -0.2) is 32.1 Å². The van der Waals surface area contributed by atoms with Crippen molar-refractivity contribution in [1.82, 2.24) is 0 Å². The second-order valence-electron chi connectivity index (χ2n) is 4.28. The number of ether oxygens (including phenoxy) is 1. The van der Waals surface area contributed by atoms with Crippen LogP contribution in [0.5, 0.6) is 0 Å². The van der Waals surface area contributed by atoms with Crippen LogP contribution >= 0.6 is 0 Å². The number of carbonyl (C=O) groups is 1. The number of methoxy groups -OCH3 is 1. The van der Waals surface area contributed by atoms with E-state index in [1.807, 2.05) is 4.90 Å². The zero-order chi connectivity index (χ0) is 12.4. The van der Waals surface area contributed by atoms with E-state index in [4.69, 9.17) is 4.74 Å². The van der Waals surface area contributed by atoms with Gasteiger partial charge in [-0.3, -0.25) is 4.79 Å². The van der Waals surface area contributed by atoms with Gasteiger partial charge in [0, 0.05) is 25.8 Å². The molecule has 3 nitrogen and oxygen atoms in total. The van der Waals surface area contributed by atoms with Crippen LogP contribution in [0.4, 0.5) is 10.1 Å². The lowest BCUT2D eigenvalue weighted by molar-refractivity contribution is 0.101. The first-order valence-corrected chi connectivity index (χ1v) is 5.70. The Morgan fingerprint density at radius 3 is 2.88 bits per heavy atom. The van der Waals surface area contributed by atoms with Crippen molar-refractivity contribution in [3.8, 4) is 0 Å². The Kier molecular flexibility index (Phi) is 3.43. The summed E-state index contributed by atoms with van der Waals surface area (Å²) < 4.78 is 19.1. The number of para-hydroxylation sites is 1. The fourth-order valence-corrected chi connectivity index (χ4v) is 2.24. The van der Waals surface area contributed by atoms with Crippen molar-refractivity contribution < 1.29 is 13.9 Å². The minimum absolute atomic E-state index is 0.111. The standard InChI is InChI=1S/C13H16FNO2/c1-9(16)11-4-3-5-12(14)13(11)15-7-6-10(8-15)17-2/h3-5,10H,6-8H2,1-2H3. The Morgan fingerprint density at radius 1 is 1.53 bits per heavy atom. The van der Waals surface area contributed by atoms with E-state index in [0.29, 0.717) is 17.8 Å². The highest BCUT2D eigenvalue weighted by atomic mass is 19.1. The summed E-state index contributed by atoms with van der Waals surface area (Å²) in [5.74, 6) is -0.449. The zero-order valence-electron chi connectivity index (χ0n) is 10.1. The average molecular weight is 237 g/mol. The fourth-order valence-electron chi connectivity index (χ4n) is 2.24. The van der Waals surface area contributed by atoms with Crippen molar-refractivity contribution in [2.24, 2.45) is 0 Å². The summed E-state index contributed by atoms with van der Waals surface area (Å²) in [6.07, 6.45) is 0.983. The summed E-state index contributed by atoms with van der Waals surface area (Å²) in [7, 11) is 1.65. The van der Waals surface area contributed by atoms with Gasteiger partial charge in [0.25, 0.3) is 0 Å². The summed E-state index contributed by atoms with van der Waals surface area (Å²) in [4.78, 5) is 13.4. The molecule has 92 valence electrons. The number of hydrogen-bond donors (Lipinski definition) is 0. The van der Waals surface area contributed by atoms with Gasteiger partial charge in [0.05, 0.1) is 11.8 Å². The molecule has 0 amide bonds. The van der Waals surface area contributed by atoms with E-state index < -0.39 is 0 Å². The van der Waals surface area contributed by atoms with E-state index in [2.05, 4.69) is 0 Å². The van der Waals surface area contributed by atoms with Crippen molar-refractivity contribution in [1.29, 1.82) is 0 Å². The molecule has 1 heterocycles. The monoisotopic (exact) mass is 237 g/mol. The molecule has 0 radical (unpaired) electrons. The average Bonchev–Trinajstić information content (AvgIpc) is 2.76. The van der Waals surface area contributed by atoms with Crippen LogP contribution in [0.15, 0.2) is 18.2 Å². The van der Waals surface area contributed by atoms with Crippen LogP contribution in [0.3, 0.4) is 0 Å². The molecule has 1 aromatic carbocycles. The Hall–Kier alpha value is -1.42. The van der Waals surface area contributed by atoms with Crippen molar-refractivity contribution in [3.63, 3.8) is 0 Å². The summed E-state index contributed by atoms with van der Waals surface area (Å²) in [6.45, 7) is 2.82. The first kappa shape index (κ1) is 12.0. The topological polar surface area (TPSA) is 29.5 Å². The van der Waals surface area contributed by atoms with Crippen molar-refractivity contribution >= 4 is 11.5 Å². The molecule has 17 heavy (non-hydrogen) atoms. The normalized spacial score (nSPS) is 19.7. The first-order valence-electron chi connectivity index (χ1n) is 5.70. The zero-order valence-corrected chi connectivity index (χ0v) is 10.1. The van der Waals surface area contributed by atoms with Crippen molar-refractivity contribution in [3.05, 3.63) is 29.6 Å². The molecule has 1 aliphatic heterocycles. The number of ketones is 1. The number of anilines is 1. The van der Waals surface area contributed by atoms with Crippen LogP contribution in [0.2, 0.25) is 0 Å². The Balaban J connectivity index is 2.34. The third-order valence-corrected chi connectivity index (χ3v) is 3.16. The lowest BCUT2D eigenvalue weighted by Crippen LogP contribution is -2.25. The number of rotatable bonds is 3. The van der Waals surface area contributed by atoms with Gasteiger partial charge in [0.1, 0.15) is 5.82 Å². The molecule has 1 unspecified atom stereocenters. The predicted octanol–water partition coefficient (Wildman–Crippen LogP) is 2.25. The maximum Gasteiger partial charge on any atom is 0.161 e. The van der Waals surface area contributed by atoms with Gasteiger partial charge in [-0.15, -0.1) is 0 Å². The van der Waals surface area contributed by atoms with Gasteiger partial charge in [-0.05, 0) is 25.5 Å². The molecule has 0 spiro atoms. The SMILES string of the molecule is COC1CCN(c2c(F)cccc2C(C)=O)C1. The van der Waals surface area contributed by atoms with Crippen molar-refractivity contribution in [2.75, 3.05) is 25.1 Å². The van der Waals surface area contributed by atoms with E-state index >= 15 is 0 Å². The van der Waals surface area contributed by atoms with E-state index in [1.54, 1.807) is 19.2 Å². The van der Waals surface area contributed by atoms with Gasteiger partial charge in [-0.2, -0.15) is 0 Å². The van der Waals surface area contributed by atoms with E-state index in [9.17, 15) is 9.18 Å². The lowest BCUT2D eigenvalue weighted by Gasteiger charge is -2.21. The van der Waals surface area contributed by atoms with Gasteiger partial charge in [-0.25, -0.2) is 4.39 Å². The minimum atomic E-state index is -0.338. The summed E-state index contributed by atoms with van der Waals surface area (Å²) in [5.41, 5.74) is 0.862. The highest BCUT2D eigenvalue weighted by Crippen LogP contribution is 2.28. The molecular weight excluding hydrogens is 221 g/mol. The van der Waals surface area contributed by atoms with E-state index in [1.165, 1.54) is 13.0 Å². The first-order chi connectivity index (χ1) is 8.13. The number of carbonyl (C=O) groups excluding carboxylic acids is 1. The van der Waals surface area contributed by atoms with Crippen LogP contribution in [0, 0.1) is 5.82 Å². The molecule has 1 atom stereocenters. The highest BCUT2D eigenvalue weighted by molar-refractivity contribution is 5.99. The van der Waals surface area contributed by atoms with E-state index in [0.717, 1.165) is 13.0 Å². The molecule has 0 N–H and O–H groups in total. The van der Waals surface area contributed by atoms with Crippen LogP contribution in [-0.2, 0) is 4.74 Å². The molecule has 1 aromatic rings. The van der Waals surface area contributed by atoms with Gasteiger partial charge >= 0.3 is 0 Å². The molecule has 1 fully saturated rings. The maximum atomic E-state index is 13.9. The molecule has 0 aliphatic carbocycles. The summed E-state index contributed by atoms with van der Waals surface area (Å²) in [5, 5.41) is 0. The second-order valence-corrected chi connectivity index (χ2v) is 4.28. The van der Waals surface area contributed by atoms with Crippen molar-refractivity contribution in [2.45, 2.75) is 19.4 Å². The molecule has 4 heteroatoms. The third kappa shape index (κ3) is 2.31. The molecule has 0 bridgehead atoms. The van der Waals surface area contributed by atoms with Gasteiger partial charge in [0.15, 0.2) is 5.78 Å². The quantitative estimate of drug-likeness (QED) is 0.755. The van der Waals surface area contributed by atoms with Crippen LogP contribution in [0.1, 0.15) is 23.7 Å². The smallest absolute Gasteiger partial charge is 0.161 e.